The number of hydrogen-bond acceptors (Lipinski definition) is 6. The van der Waals surface area contributed by atoms with Crippen molar-refractivity contribution in [3.8, 4) is 0 Å². The van der Waals surface area contributed by atoms with Gasteiger partial charge in [-0.15, -0.1) is 10.2 Å². The minimum atomic E-state index is -3.57. The van der Waals surface area contributed by atoms with E-state index in [0.29, 0.717) is 23.6 Å². The standard InChI is InChI=1S/C14H17N5O3S/c1-2-5-12(14-16-15-13-6-3-4-8-19(13)14)18-23(20,21)10-11-7-9-22-17-11/h3-4,6-9,12,18H,2,5,10H2,1H3. The molecule has 0 spiro atoms. The fourth-order valence-electron chi connectivity index (χ4n) is 2.39. The maximum absolute atomic E-state index is 12.4. The van der Waals surface area contributed by atoms with Crippen LogP contribution in [0.5, 0.6) is 0 Å². The van der Waals surface area contributed by atoms with E-state index in [1.165, 1.54) is 12.3 Å². The van der Waals surface area contributed by atoms with Gasteiger partial charge in [-0.2, -0.15) is 0 Å². The summed E-state index contributed by atoms with van der Waals surface area (Å²) in [5, 5.41) is 11.9. The highest BCUT2D eigenvalue weighted by Gasteiger charge is 2.24. The molecule has 0 aliphatic carbocycles. The van der Waals surface area contributed by atoms with E-state index >= 15 is 0 Å². The summed E-state index contributed by atoms with van der Waals surface area (Å²) in [4.78, 5) is 0. The quantitative estimate of drug-likeness (QED) is 0.705. The first kappa shape index (κ1) is 15.6. The Kier molecular flexibility index (Phi) is 4.39. The van der Waals surface area contributed by atoms with Crippen molar-refractivity contribution in [1.82, 2.24) is 24.5 Å². The lowest BCUT2D eigenvalue weighted by atomic mass is 10.2. The van der Waals surface area contributed by atoms with Crippen molar-refractivity contribution in [2.45, 2.75) is 31.6 Å². The molecule has 1 unspecified atom stereocenters. The van der Waals surface area contributed by atoms with Gasteiger partial charge in [0.1, 0.15) is 12.0 Å². The summed E-state index contributed by atoms with van der Waals surface area (Å²) >= 11 is 0. The molecule has 8 nitrogen and oxygen atoms in total. The molecule has 1 N–H and O–H groups in total. The van der Waals surface area contributed by atoms with E-state index in [1.807, 2.05) is 31.3 Å². The minimum absolute atomic E-state index is 0.236. The number of fused-ring (bicyclic) bond motifs is 1. The molecule has 0 saturated carbocycles. The van der Waals surface area contributed by atoms with Crippen LogP contribution in [0.25, 0.3) is 5.65 Å². The van der Waals surface area contributed by atoms with Crippen LogP contribution in [-0.2, 0) is 15.8 Å². The smallest absolute Gasteiger partial charge is 0.218 e. The summed E-state index contributed by atoms with van der Waals surface area (Å²) in [6.07, 6.45) is 4.59. The molecular formula is C14H17N5O3S. The number of aromatic nitrogens is 4. The number of nitrogens with zero attached hydrogens (tertiary/aromatic N) is 4. The minimum Gasteiger partial charge on any atom is -0.364 e. The molecule has 0 aromatic carbocycles. The zero-order chi connectivity index (χ0) is 16.3. The molecule has 23 heavy (non-hydrogen) atoms. The van der Waals surface area contributed by atoms with Crippen molar-refractivity contribution >= 4 is 15.7 Å². The molecule has 3 aromatic heterocycles. The average Bonchev–Trinajstić information content (AvgIpc) is 3.15. The Morgan fingerprint density at radius 1 is 1.30 bits per heavy atom. The monoisotopic (exact) mass is 335 g/mol. The van der Waals surface area contributed by atoms with Crippen molar-refractivity contribution in [3.63, 3.8) is 0 Å². The Balaban J connectivity index is 1.87. The Bertz CT molecular complexity index is 873. The SMILES string of the molecule is CCCC(NS(=O)(=O)Cc1ccon1)c1nnc2ccccn12. The average molecular weight is 335 g/mol. The number of hydrogen-bond donors (Lipinski definition) is 1. The van der Waals surface area contributed by atoms with E-state index in [4.69, 9.17) is 0 Å². The zero-order valence-corrected chi connectivity index (χ0v) is 13.4. The Hall–Kier alpha value is -2.26. The van der Waals surface area contributed by atoms with Crippen LogP contribution >= 0.6 is 0 Å². The summed E-state index contributed by atoms with van der Waals surface area (Å²) in [6, 6.07) is 6.61. The van der Waals surface area contributed by atoms with Crippen LogP contribution in [0, 0.1) is 0 Å². The highest BCUT2D eigenvalue weighted by molar-refractivity contribution is 7.88. The first-order valence-corrected chi connectivity index (χ1v) is 8.93. The van der Waals surface area contributed by atoms with Crippen LogP contribution in [-0.4, -0.2) is 28.2 Å². The van der Waals surface area contributed by atoms with Gasteiger partial charge in [0.2, 0.25) is 10.0 Å². The first-order valence-electron chi connectivity index (χ1n) is 7.28. The first-order chi connectivity index (χ1) is 11.1. The molecule has 122 valence electrons. The summed E-state index contributed by atoms with van der Waals surface area (Å²) in [6.45, 7) is 1.99. The molecule has 0 amide bonds. The Labute approximate surface area is 133 Å². The van der Waals surface area contributed by atoms with Gasteiger partial charge >= 0.3 is 0 Å². The second-order valence-electron chi connectivity index (χ2n) is 5.20. The van der Waals surface area contributed by atoms with Crippen molar-refractivity contribution in [3.05, 3.63) is 48.2 Å². The molecular weight excluding hydrogens is 318 g/mol. The van der Waals surface area contributed by atoms with E-state index in [2.05, 4.69) is 24.6 Å². The molecule has 3 heterocycles. The maximum Gasteiger partial charge on any atom is 0.218 e. The third kappa shape index (κ3) is 3.57. The number of sulfonamides is 1. The summed E-state index contributed by atoms with van der Waals surface area (Å²) in [5.41, 5.74) is 1.04. The van der Waals surface area contributed by atoms with Crippen LogP contribution in [0.1, 0.15) is 37.3 Å². The highest BCUT2D eigenvalue weighted by atomic mass is 32.2. The van der Waals surface area contributed by atoms with Gasteiger partial charge in [0.15, 0.2) is 11.5 Å². The summed E-state index contributed by atoms with van der Waals surface area (Å²) < 4.78 is 33.9. The van der Waals surface area contributed by atoms with Gasteiger partial charge in [-0.1, -0.05) is 24.6 Å². The van der Waals surface area contributed by atoms with Crippen LogP contribution in [0.2, 0.25) is 0 Å². The van der Waals surface area contributed by atoms with Crippen LogP contribution in [0.4, 0.5) is 0 Å². The number of pyridine rings is 1. The molecule has 3 rings (SSSR count). The normalized spacial score (nSPS) is 13.4. The van der Waals surface area contributed by atoms with E-state index in [-0.39, 0.29) is 5.75 Å². The van der Waals surface area contributed by atoms with Gasteiger partial charge in [0, 0.05) is 12.3 Å². The topological polar surface area (TPSA) is 102 Å². The number of nitrogens with one attached hydrogen (secondary N) is 1. The predicted molar refractivity (Wildman–Crippen MR) is 82.9 cm³/mol. The lowest BCUT2D eigenvalue weighted by molar-refractivity contribution is 0.413. The van der Waals surface area contributed by atoms with Crippen LogP contribution < -0.4 is 4.72 Å². The van der Waals surface area contributed by atoms with Crippen molar-refractivity contribution in [1.29, 1.82) is 0 Å². The zero-order valence-electron chi connectivity index (χ0n) is 12.6. The molecule has 1 atom stereocenters. The van der Waals surface area contributed by atoms with E-state index in [1.54, 1.807) is 4.40 Å². The van der Waals surface area contributed by atoms with Gasteiger partial charge in [-0.3, -0.25) is 4.40 Å². The molecule has 0 bridgehead atoms. The van der Waals surface area contributed by atoms with Crippen molar-refractivity contribution in [2.75, 3.05) is 0 Å². The summed E-state index contributed by atoms with van der Waals surface area (Å²) in [7, 11) is -3.57. The van der Waals surface area contributed by atoms with Crippen LogP contribution in [0.15, 0.2) is 41.2 Å². The highest BCUT2D eigenvalue weighted by Crippen LogP contribution is 2.19. The van der Waals surface area contributed by atoms with Gasteiger partial charge < -0.3 is 4.52 Å². The fourth-order valence-corrected chi connectivity index (χ4v) is 3.67. The second-order valence-corrected chi connectivity index (χ2v) is 6.95. The second kappa shape index (κ2) is 6.47. The molecule has 0 aliphatic rings. The van der Waals surface area contributed by atoms with E-state index in [0.717, 1.165) is 6.42 Å². The maximum atomic E-state index is 12.4. The Morgan fingerprint density at radius 2 is 2.17 bits per heavy atom. The van der Waals surface area contributed by atoms with Gasteiger partial charge in [-0.05, 0) is 18.6 Å². The molecule has 0 aliphatic heterocycles. The molecule has 0 fully saturated rings. The van der Waals surface area contributed by atoms with Gasteiger partial charge in [0.25, 0.3) is 0 Å². The number of rotatable bonds is 7. The summed E-state index contributed by atoms with van der Waals surface area (Å²) in [5.74, 6) is 0.340. The Morgan fingerprint density at radius 3 is 2.91 bits per heavy atom. The lowest BCUT2D eigenvalue weighted by Gasteiger charge is -2.16. The van der Waals surface area contributed by atoms with Crippen molar-refractivity contribution < 1.29 is 12.9 Å². The van der Waals surface area contributed by atoms with E-state index < -0.39 is 16.1 Å². The third-order valence-corrected chi connectivity index (χ3v) is 4.70. The fraction of sp³-hybridized carbons (Fsp3) is 0.357. The van der Waals surface area contributed by atoms with Crippen molar-refractivity contribution in [2.24, 2.45) is 0 Å². The molecule has 9 heteroatoms. The molecule has 0 radical (unpaired) electrons. The predicted octanol–water partition coefficient (Wildman–Crippen LogP) is 1.68. The lowest BCUT2D eigenvalue weighted by Crippen LogP contribution is -2.31. The van der Waals surface area contributed by atoms with Gasteiger partial charge in [-0.25, -0.2) is 13.1 Å². The van der Waals surface area contributed by atoms with Gasteiger partial charge in [0.05, 0.1) is 11.7 Å². The third-order valence-electron chi connectivity index (χ3n) is 3.38. The molecule has 0 saturated heterocycles. The largest absolute Gasteiger partial charge is 0.364 e. The molecule has 3 aromatic rings. The van der Waals surface area contributed by atoms with Crippen LogP contribution in [0.3, 0.4) is 0 Å². The van der Waals surface area contributed by atoms with E-state index in [9.17, 15) is 8.42 Å².